The highest BCUT2D eigenvalue weighted by Gasteiger charge is 2.19. The summed E-state index contributed by atoms with van der Waals surface area (Å²) in [6, 6.07) is 4.98. The minimum Gasteiger partial charge on any atom is -0.389 e. The highest BCUT2D eigenvalue weighted by atomic mass is 19.1. The lowest BCUT2D eigenvalue weighted by Gasteiger charge is -2.29. The Labute approximate surface area is 129 Å². The third-order valence-corrected chi connectivity index (χ3v) is 3.74. The second-order valence-electron chi connectivity index (χ2n) is 6.71. The lowest BCUT2D eigenvalue weighted by atomic mass is 10.0. The zero-order chi connectivity index (χ0) is 16.0. The van der Waals surface area contributed by atoms with Gasteiger partial charge in [-0.05, 0) is 37.7 Å². The second-order valence-corrected chi connectivity index (χ2v) is 6.71. The molecule has 21 heavy (non-hydrogen) atoms. The van der Waals surface area contributed by atoms with E-state index in [1.165, 1.54) is 6.07 Å². The number of rotatable bonds is 8. The van der Waals surface area contributed by atoms with Crippen molar-refractivity contribution in [3.05, 3.63) is 29.6 Å². The summed E-state index contributed by atoms with van der Waals surface area (Å²) in [5, 5.41) is 9.94. The molecule has 1 N–H and O–H groups in total. The van der Waals surface area contributed by atoms with Gasteiger partial charge in [-0.1, -0.05) is 39.8 Å². The predicted molar refractivity (Wildman–Crippen MR) is 88.2 cm³/mol. The fourth-order valence-corrected chi connectivity index (χ4v) is 2.37. The third-order valence-electron chi connectivity index (χ3n) is 3.74. The van der Waals surface area contributed by atoms with Gasteiger partial charge in [-0.3, -0.25) is 0 Å². The van der Waals surface area contributed by atoms with Crippen LogP contribution in [0.4, 0.5) is 10.1 Å². The highest BCUT2D eigenvalue weighted by molar-refractivity contribution is 5.55. The SMILES string of the molecule is CC(C)CCN(CCC(C)C)c1c(F)cccc1[C@H](C)O. The molecule has 0 aliphatic rings. The Morgan fingerprint density at radius 1 is 1.00 bits per heavy atom. The molecule has 1 aromatic rings. The Morgan fingerprint density at radius 3 is 1.95 bits per heavy atom. The summed E-state index contributed by atoms with van der Waals surface area (Å²) in [6.07, 6.45) is 1.38. The van der Waals surface area contributed by atoms with Gasteiger partial charge >= 0.3 is 0 Å². The first-order valence-electron chi connectivity index (χ1n) is 8.04. The summed E-state index contributed by atoms with van der Waals surface area (Å²) in [5.74, 6) is 0.919. The van der Waals surface area contributed by atoms with E-state index in [-0.39, 0.29) is 5.82 Å². The Hall–Kier alpha value is -1.09. The maximum Gasteiger partial charge on any atom is 0.146 e. The van der Waals surface area contributed by atoms with Gasteiger partial charge in [-0.15, -0.1) is 0 Å². The van der Waals surface area contributed by atoms with Crippen LogP contribution in [0.25, 0.3) is 0 Å². The van der Waals surface area contributed by atoms with Gasteiger partial charge in [0.1, 0.15) is 5.82 Å². The average molecular weight is 295 g/mol. The number of para-hydroxylation sites is 1. The minimum atomic E-state index is -0.656. The number of anilines is 1. The molecule has 0 saturated carbocycles. The van der Waals surface area contributed by atoms with Crippen LogP contribution in [0.15, 0.2) is 18.2 Å². The lowest BCUT2D eigenvalue weighted by molar-refractivity contribution is 0.199. The van der Waals surface area contributed by atoms with Crippen molar-refractivity contribution in [2.45, 2.75) is 53.6 Å². The van der Waals surface area contributed by atoms with E-state index in [0.29, 0.717) is 23.1 Å². The molecule has 0 aliphatic carbocycles. The second kappa shape index (κ2) is 8.38. The molecule has 0 amide bonds. The topological polar surface area (TPSA) is 23.5 Å². The zero-order valence-electron chi connectivity index (χ0n) is 14.1. The highest BCUT2D eigenvalue weighted by Crippen LogP contribution is 2.30. The number of nitrogens with zero attached hydrogens (tertiary/aromatic N) is 1. The van der Waals surface area contributed by atoms with Crippen LogP contribution in [-0.2, 0) is 0 Å². The van der Waals surface area contributed by atoms with E-state index >= 15 is 0 Å². The molecule has 1 rings (SSSR count). The summed E-state index contributed by atoms with van der Waals surface area (Å²) < 4.78 is 14.4. The third kappa shape index (κ3) is 5.66. The molecule has 1 aromatic carbocycles. The molecule has 0 fully saturated rings. The van der Waals surface area contributed by atoms with Crippen LogP contribution in [0.5, 0.6) is 0 Å². The summed E-state index contributed by atoms with van der Waals surface area (Å²) in [7, 11) is 0. The van der Waals surface area contributed by atoms with Crippen LogP contribution in [0.1, 0.15) is 59.1 Å². The predicted octanol–water partition coefficient (Wildman–Crippen LogP) is 4.78. The Kier molecular flexibility index (Phi) is 7.16. The Balaban J connectivity index is 3.05. The molecule has 0 unspecified atom stereocenters. The van der Waals surface area contributed by atoms with Gasteiger partial charge in [-0.2, -0.15) is 0 Å². The number of aliphatic hydroxyl groups is 1. The van der Waals surface area contributed by atoms with Crippen LogP contribution in [0, 0.1) is 17.7 Å². The fraction of sp³-hybridized carbons (Fsp3) is 0.667. The summed E-state index contributed by atoms with van der Waals surface area (Å²) in [6.45, 7) is 12.1. The first kappa shape index (κ1) is 18.0. The van der Waals surface area contributed by atoms with E-state index in [2.05, 4.69) is 32.6 Å². The van der Waals surface area contributed by atoms with Crippen LogP contribution < -0.4 is 4.90 Å². The molecule has 3 heteroatoms. The standard InChI is InChI=1S/C18H30FNO/c1-13(2)9-11-20(12-10-14(3)4)18-16(15(5)21)7-6-8-17(18)19/h6-8,13-15,21H,9-12H2,1-5H3/t15-/m0/s1. The number of aliphatic hydroxyl groups excluding tert-OH is 1. The van der Waals surface area contributed by atoms with Crippen molar-refractivity contribution in [3.63, 3.8) is 0 Å². The molecule has 0 aliphatic heterocycles. The van der Waals surface area contributed by atoms with Crippen LogP contribution >= 0.6 is 0 Å². The van der Waals surface area contributed by atoms with Crippen LogP contribution in [0.3, 0.4) is 0 Å². The number of halogens is 1. The van der Waals surface area contributed by atoms with Crippen molar-refractivity contribution in [3.8, 4) is 0 Å². The quantitative estimate of drug-likeness (QED) is 0.746. The molecule has 0 bridgehead atoms. The van der Waals surface area contributed by atoms with Gasteiger partial charge in [0.2, 0.25) is 0 Å². The smallest absolute Gasteiger partial charge is 0.146 e. The van der Waals surface area contributed by atoms with Crippen molar-refractivity contribution in [1.29, 1.82) is 0 Å². The summed E-state index contributed by atoms with van der Waals surface area (Å²) in [5.41, 5.74) is 1.26. The first-order chi connectivity index (χ1) is 9.82. The van der Waals surface area contributed by atoms with E-state index in [1.54, 1.807) is 13.0 Å². The van der Waals surface area contributed by atoms with Gasteiger partial charge in [0, 0.05) is 18.7 Å². The molecule has 0 radical (unpaired) electrons. The van der Waals surface area contributed by atoms with Gasteiger partial charge < -0.3 is 10.0 Å². The maximum atomic E-state index is 14.4. The van der Waals surface area contributed by atoms with Gasteiger partial charge in [-0.25, -0.2) is 4.39 Å². The van der Waals surface area contributed by atoms with Gasteiger partial charge in [0.25, 0.3) is 0 Å². The summed E-state index contributed by atoms with van der Waals surface area (Å²) in [4.78, 5) is 2.11. The van der Waals surface area contributed by atoms with Crippen molar-refractivity contribution in [2.75, 3.05) is 18.0 Å². The molecule has 0 spiro atoms. The normalized spacial score (nSPS) is 13.0. The van der Waals surface area contributed by atoms with Crippen molar-refractivity contribution < 1.29 is 9.50 Å². The lowest BCUT2D eigenvalue weighted by Crippen LogP contribution is -2.29. The van der Waals surface area contributed by atoms with E-state index in [9.17, 15) is 9.50 Å². The Bertz CT molecular complexity index is 417. The molecule has 1 atom stereocenters. The molecular formula is C18H30FNO. The minimum absolute atomic E-state index is 0.235. The number of hydrogen-bond acceptors (Lipinski definition) is 2. The maximum absolute atomic E-state index is 14.4. The molecule has 0 aromatic heterocycles. The average Bonchev–Trinajstić information content (AvgIpc) is 2.38. The van der Waals surface area contributed by atoms with E-state index in [4.69, 9.17) is 0 Å². The van der Waals surface area contributed by atoms with E-state index in [1.807, 2.05) is 6.07 Å². The largest absolute Gasteiger partial charge is 0.389 e. The molecule has 2 nitrogen and oxygen atoms in total. The van der Waals surface area contributed by atoms with E-state index < -0.39 is 6.10 Å². The fourth-order valence-electron chi connectivity index (χ4n) is 2.37. The zero-order valence-corrected chi connectivity index (χ0v) is 14.1. The van der Waals surface area contributed by atoms with Crippen molar-refractivity contribution in [1.82, 2.24) is 0 Å². The first-order valence-corrected chi connectivity index (χ1v) is 8.04. The summed E-state index contributed by atoms with van der Waals surface area (Å²) >= 11 is 0. The molecule has 0 heterocycles. The monoisotopic (exact) mass is 295 g/mol. The molecular weight excluding hydrogens is 265 g/mol. The van der Waals surface area contributed by atoms with Gasteiger partial charge in [0.05, 0.1) is 11.8 Å². The Morgan fingerprint density at radius 2 is 1.52 bits per heavy atom. The van der Waals surface area contributed by atoms with E-state index in [0.717, 1.165) is 25.9 Å². The number of hydrogen-bond donors (Lipinski definition) is 1. The van der Waals surface area contributed by atoms with Crippen LogP contribution in [-0.4, -0.2) is 18.2 Å². The molecule has 0 saturated heterocycles. The van der Waals surface area contributed by atoms with Crippen LogP contribution in [0.2, 0.25) is 0 Å². The van der Waals surface area contributed by atoms with Crippen molar-refractivity contribution >= 4 is 5.69 Å². The van der Waals surface area contributed by atoms with Gasteiger partial charge in [0.15, 0.2) is 0 Å². The number of benzene rings is 1. The molecule has 120 valence electrons. The van der Waals surface area contributed by atoms with Crippen molar-refractivity contribution in [2.24, 2.45) is 11.8 Å².